The van der Waals surface area contributed by atoms with Crippen molar-refractivity contribution in [1.29, 1.82) is 0 Å². The molecule has 1 aromatic carbocycles. The monoisotopic (exact) mass is 597 g/mol. The lowest BCUT2D eigenvalue weighted by Crippen LogP contribution is -2.10. The third kappa shape index (κ3) is 4.60. The van der Waals surface area contributed by atoms with Crippen molar-refractivity contribution in [2.45, 2.75) is 0 Å². The molecule has 1 rings (SSSR count). The zero-order valence-electron chi connectivity index (χ0n) is 9.37. The Morgan fingerprint density at radius 2 is 1.50 bits per heavy atom. The molecule has 11 heteroatoms. The van der Waals surface area contributed by atoms with Crippen LogP contribution in [-0.2, 0) is 4.74 Å². The summed E-state index contributed by atoms with van der Waals surface area (Å²) >= 11 is 17.0. The lowest BCUT2D eigenvalue weighted by molar-refractivity contribution is 0.133. The number of halogens is 5. The van der Waals surface area contributed by atoms with Crippen LogP contribution in [0.3, 0.4) is 0 Å². The first-order valence-corrected chi connectivity index (χ1v) is 8.72. The van der Waals surface area contributed by atoms with E-state index in [1.54, 1.807) is 0 Å². The highest BCUT2D eigenvalue weighted by atomic mass is 79.9. The minimum absolute atomic E-state index is 0.0396. The molecule has 0 radical (unpaired) electrons. The molecular weight excluding hydrogens is 598 g/mol. The SMILES string of the molecule is [N-]=[N+]=NC(=O)OCCOc1c(Br)c(Br)c(Br)c(Br)c1Br. The number of ether oxygens (including phenoxy) is 2. The van der Waals surface area contributed by atoms with Gasteiger partial charge in [-0.1, -0.05) is 0 Å². The van der Waals surface area contributed by atoms with Gasteiger partial charge in [-0.15, -0.1) is 0 Å². The van der Waals surface area contributed by atoms with E-state index in [2.05, 4.69) is 94.4 Å². The number of hydrogen-bond acceptors (Lipinski definition) is 3. The second-order valence-electron chi connectivity index (χ2n) is 3.05. The van der Waals surface area contributed by atoms with Crippen LogP contribution in [0.2, 0.25) is 0 Å². The van der Waals surface area contributed by atoms with Crippen LogP contribution < -0.4 is 4.74 Å². The van der Waals surface area contributed by atoms with Gasteiger partial charge in [-0.25, -0.2) is 4.79 Å². The minimum atomic E-state index is -0.993. The Morgan fingerprint density at radius 1 is 1.00 bits per heavy atom. The third-order valence-corrected chi connectivity index (χ3v) is 7.87. The normalized spacial score (nSPS) is 9.85. The first kappa shape index (κ1) is 18.2. The number of carbonyl (C=O) groups is 1. The average molecular weight is 602 g/mol. The Bertz CT molecular complexity index is 560. The van der Waals surface area contributed by atoms with Crippen molar-refractivity contribution in [3.8, 4) is 5.75 Å². The largest absolute Gasteiger partial charge is 0.488 e. The Hall–Kier alpha value is 0.200. The van der Waals surface area contributed by atoms with E-state index in [4.69, 9.17) is 10.3 Å². The molecule has 0 saturated carbocycles. The maximum absolute atomic E-state index is 10.8. The summed E-state index contributed by atoms with van der Waals surface area (Å²) in [5.74, 6) is 0.534. The summed E-state index contributed by atoms with van der Waals surface area (Å²) in [6.07, 6.45) is -0.993. The van der Waals surface area contributed by atoms with Gasteiger partial charge in [-0.2, -0.15) is 0 Å². The van der Waals surface area contributed by atoms with Crippen molar-refractivity contribution in [1.82, 2.24) is 0 Å². The molecule has 0 unspecified atom stereocenters. The number of amides is 1. The molecule has 0 aliphatic carbocycles. The van der Waals surface area contributed by atoms with Crippen LogP contribution in [0, 0.1) is 0 Å². The van der Waals surface area contributed by atoms with E-state index in [-0.39, 0.29) is 13.2 Å². The zero-order valence-corrected chi connectivity index (χ0v) is 17.3. The van der Waals surface area contributed by atoms with Crippen LogP contribution in [-0.4, -0.2) is 19.3 Å². The summed E-state index contributed by atoms with van der Waals surface area (Å²) in [7, 11) is 0. The van der Waals surface area contributed by atoms with E-state index in [9.17, 15) is 4.79 Å². The fourth-order valence-corrected chi connectivity index (χ4v) is 4.29. The Kier molecular flexibility index (Phi) is 7.84. The first-order chi connectivity index (χ1) is 9.40. The molecule has 1 amide bonds. The highest BCUT2D eigenvalue weighted by Gasteiger charge is 2.18. The van der Waals surface area contributed by atoms with Gasteiger partial charge in [-0.05, 0) is 85.2 Å². The molecule has 0 spiro atoms. The summed E-state index contributed by atoms with van der Waals surface area (Å²) in [4.78, 5) is 13.1. The van der Waals surface area contributed by atoms with Crippen LogP contribution in [0.25, 0.3) is 10.4 Å². The molecule has 108 valence electrons. The lowest BCUT2D eigenvalue weighted by atomic mass is 10.3. The molecule has 0 N–H and O–H groups in total. The summed E-state index contributed by atoms with van der Waals surface area (Å²) in [6, 6.07) is 0. The Balaban J connectivity index is 2.74. The molecule has 0 aromatic heterocycles. The van der Waals surface area contributed by atoms with E-state index < -0.39 is 6.09 Å². The molecule has 0 bridgehead atoms. The quantitative estimate of drug-likeness (QED) is 0.101. The summed E-state index contributed by atoms with van der Waals surface area (Å²) < 4.78 is 13.9. The van der Waals surface area contributed by atoms with Crippen molar-refractivity contribution in [2.75, 3.05) is 13.2 Å². The predicted octanol–water partition coefficient (Wildman–Crippen LogP) is 6.32. The lowest BCUT2D eigenvalue weighted by Gasteiger charge is -2.14. The van der Waals surface area contributed by atoms with Gasteiger partial charge in [0.1, 0.15) is 19.0 Å². The zero-order chi connectivity index (χ0) is 15.3. The average Bonchev–Trinajstić information content (AvgIpc) is 2.42. The second-order valence-corrected chi connectivity index (χ2v) is 7.02. The standard InChI is InChI=1S/C9H4Br5N3O3/c10-3-4(11)6(13)8(7(14)5(3)12)19-1-2-20-9(18)16-17-15/h1-2H2. The van der Waals surface area contributed by atoms with Crippen molar-refractivity contribution in [3.63, 3.8) is 0 Å². The van der Waals surface area contributed by atoms with Gasteiger partial charge in [0.15, 0.2) is 0 Å². The van der Waals surface area contributed by atoms with Crippen LogP contribution in [0.15, 0.2) is 27.5 Å². The van der Waals surface area contributed by atoms with Crippen LogP contribution >= 0.6 is 79.6 Å². The topological polar surface area (TPSA) is 84.3 Å². The number of carbonyl (C=O) groups excluding carboxylic acids is 1. The Morgan fingerprint density at radius 3 is 2.00 bits per heavy atom. The molecule has 0 atom stereocenters. The van der Waals surface area contributed by atoms with Crippen molar-refractivity contribution >= 4 is 85.7 Å². The van der Waals surface area contributed by atoms with E-state index in [0.717, 1.165) is 13.4 Å². The van der Waals surface area contributed by atoms with Crippen molar-refractivity contribution < 1.29 is 14.3 Å². The van der Waals surface area contributed by atoms with E-state index >= 15 is 0 Å². The Labute approximate surface area is 155 Å². The summed E-state index contributed by atoms with van der Waals surface area (Å²) in [5, 5.41) is 2.77. The number of nitrogens with zero attached hydrogens (tertiary/aromatic N) is 3. The molecule has 0 saturated heterocycles. The van der Waals surface area contributed by atoms with Crippen LogP contribution in [0.1, 0.15) is 0 Å². The van der Waals surface area contributed by atoms with Gasteiger partial charge in [0.2, 0.25) is 0 Å². The fraction of sp³-hybridized carbons (Fsp3) is 0.222. The van der Waals surface area contributed by atoms with Crippen molar-refractivity contribution in [3.05, 3.63) is 32.8 Å². The van der Waals surface area contributed by atoms with Gasteiger partial charge >= 0.3 is 6.09 Å². The molecule has 0 aliphatic rings. The predicted molar refractivity (Wildman–Crippen MR) is 90.9 cm³/mol. The number of hydrogen-bond donors (Lipinski definition) is 0. The summed E-state index contributed by atoms with van der Waals surface area (Å²) in [5.41, 5.74) is 8.03. The maximum Gasteiger partial charge on any atom is 0.396 e. The molecule has 6 nitrogen and oxygen atoms in total. The smallest absolute Gasteiger partial charge is 0.396 e. The minimum Gasteiger partial charge on any atom is -0.488 e. The molecular formula is C9H4Br5N3O3. The van der Waals surface area contributed by atoms with Gasteiger partial charge in [0.25, 0.3) is 0 Å². The molecule has 1 aromatic rings. The molecule has 0 heterocycles. The number of azide groups is 1. The molecule has 0 aliphatic heterocycles. The third-order valence-electron chi connectivity index (χ3n) is 1.85. The van der Waals surface area contributed by atoms with Gasteiger partial charge in [-0.3, -0.25) is 0 Å². The highest BCUT2D eigenvalue weighted by Crippen LogP contribution is 2.48. The van der Waals surface area contributed by atoms with E-state index in [0.29, 0.717) is 14.7 Å². The van der Waals surface area contributed by atoms with Gasteiger partial charge in [0.05, 0.1) is 17.9 Å². The first-order valence-electron chi connectivity index (χ1n) is 4.76. The van der Waals surface area contributed by atoms with E-state index in [1.807, 2.05) is 0 Å². The molecule has 20 heavy (non-hydrogen) atoms. The fourth-order valence-electron chi connectivity index (χ4n) is 1.05. The van der Waals surface area contributed by atoms with Crippen LogP contribution in [0.4, 0.5) is 4.79 Å². The second kappa shape index (κ2) is 8.60. The van der Waals surface area contributed by atoms with Crippen LogP contribution in [0.5, 0.6) is 5.75 Å². The highest BCUT2D eigenvalue weighted by molar-refractivity contribution is 9.15. The van der Waals surface area contributed by atoms with Gasteiger partial charge in [0, 0.05) is 14.5 Å². The van der Waals surface area contributed by atoms with E-state index in [1.165, 1.54) is 0 Å². The number of rotatable bonds is 4. The number of benzene rings is 1. The summed E-state index contributed by atoms with van der Waals surface area (Å²) in [6.45, 7) is 0.0619. The maximum atomic E-state index is 10.8. The van der Waals surface area contributed by atoms with Crippen molar-refractivity contribution in [2.24, 2.45) is 5.11 Å². The van der Waals surface area contributed by atoms with Gasteiger partial charge < -0.3 is 9.47 Å². The molecule has 0 fully saturated rings.